The van der Waals surface area contributed by atoms with Crippen LogP contribution in [0.2, 0.25) is 0 Å². The van der Waals surface area contributed by atoms with E-state index < -0.39 is 5.69 Å². The topological polar surface area (TPSA) is 78.0 Å². The first-order valence-corrected chi connectivity index (χ1v) is 3.36. The van der Waals surface area contributed by atoms with Crippen LogP contribution in [-0.4, -0.2) is 15.1 Å². The Morgan fingerprint density at radius 3 is 3.08 bits per heavy atom. The molecule has 1 aromatic rings. The van der Waals surface area contributed by atoms with E-state index in [-0.39, 0.29) is 0 Å². The summed E-state index contributed by atoms with van der Waals surface area (Å²) in [6.07, 6.45) is 2.11. The molecule has 0 bridgehead atoms. The minimum absolute atomic E-state index is 0.404. The normalized spacial score (nSPS) is 10.4. The van der Waals surface area contributed by atoms with Crippen LogP contribution in [0.25, 0.3) is 0 Å². The van der Waals surface area contributed by atoms with Crippen molar-refractivity contribution in [2.45, 2.75) is 6.92 Å². The Hall–Kier alpha value is -1.78. The van der Waals surface area contributed by atoms with E-state index in [2.05, 4.69) is 15.3 Å². The lowest BCUT2D eigenvalue weighted by Crippen LogP contribution is -2.12. The van der Waals surface area contributed by atoms with Crippen molar-refractivity contribution in [1.82, 2.24) is 9.97 Å². The van der Waals surface area contributed by atoms with Crippen molar-refractivity contribution in [2.75, 3.05) is 5.32 Å². The molecular weight excluding hydrogens is 158 g/mol. The molecule has 5 nitrogen and oxygen atoms in total. The summed E-state index contributed by atoms with van der Waals surface area (Å²) in [5, 5.41) is 10.9. The second-order valence-corrected chi connectivity index (χ2v) is 2.21. The first kappa shape index (κ1) is 8.32. The molecule has 0 saturated carbocycles. The SMILES string of the molecule is Cc1cc(N/C=C/O)nc(=O)[nH]1. The van der Waals surface area contributed by atoms with E-state index in [4.69, 9.17) is 5.11 Å². The molecule has 5 heteroatoms. The highest BCUT2D eigenvalue weighted by Crippen LogP contribution is 1.99. The minimum Gasteiger partial charge on any atom is -0.514 e. The van der Waals surface area contributed by atoms with Gasteiger partial charge < -0.3 is 15.4 Å². The van der Waals surface area contributed by atoms with E-state index in [1.54, 1.807) is 13.0 Å². The van der Waals surface area contributed by atoms with Gasteiger partial charge in [-0.2, -0.15) is 4.98 Å². The summed E-state index contributed by atoms with van der Waals surface area (Å²) in [6, 6.07) is 1.65. The van der Waals surface area contributed by atoms with Crippen LogP contribution in [0.1, 0.15) is 5.69 Å². The third kappa shape index (κ3) is 2.12. The lowest BCUT2D eigenvalue weighted by Gasteiger charge is -1.98. The molecule has 0 amide bonds. The average molecular weight is 167 g/mol. The van der Waals surface area contributed by atoms with Gasteiger partial charge in [-0.3, -0.25) is 0 Å². The predicted molar refractivity (Wildman–Crippen MR) is 45.0 cm³/mol. The number of nitrogens with one attached hydrogen (secondary N) is 2. The maximum absolute atomic E-state index is 10.8. The maximum atomic E-state index is 10.8. The number of rotatable bonds is 2. The van der Waals surface area contributed by atoms with Crippen molar-refractivity contribution in [1.29, 1.82) is 0 Å². The highest BCUT2D eigenvalue weighted by molar-refractivity contribution is 5.36. The Labute approximate surface area is 68.8 Å². The second kappa shape index (κ2) is 3.56. The van der Waals surface area contributed by atoms with Crippen LogP contribution in [-0.2, 0) is 0 Å². The summed E-state index contributed by atoms with van der Waals surface area (Å²) >= 11 is 0. The molecule has 0 radical (unpaired) electrons. The van der Waals surface area contributed by atoms with Gasteiger partial charge in [-0.1, -0.05) is 0 Å². The molecule has 64 valence electrons. The third-order valence-corrected chi connectivity index (χ3v) is 1.19. The number of nitrogens with zero attached hydrogens (tertiary/aromatic N) is 1. The number of hydrogen-bond donors (Lipinski definition) is 3. The Bertz CT molecular complexity index is 343. The summed E-state index contributed by atoms with van der Waals surface area (Å²) < 4.78 is 0. The molecule has 1 heterocycles. The van der Waals surface area contributed by atoms with Gasteiger partial charge >= 0.3 is 5.69 Å². The number of aliphatic hydroxyl groups excluding tert-OH is 1. The quantitative estimate of drug-likeness (QED) is 0.561. The van der Waals surface area contributed by atoms with E-state index in [0.717, 1.165) is 6.26 Å². The number of H-pyrrole nitrogens is 1. The molecular formula is C7H9N3O2. The average Bonchev–Trinajstić information content (AvgIpc) is 1.99. The smallest absolute Gasteiger partial charge is 0.347 e. The van der Waals surface area contributed by atoms with Crippen LogP contribution in [0, 0.1) is 6.92 Å². The fourth-order valence-electron chi connectivity index (χ4n) is 0.776. The monoisotopic (exact) mass is 167 g/mol. The molecule has 0 atom stereocenters. The van der Waals surface area contributed by atoms with Crippen LogP contribution < -0.4 is 11.0 Å². The van der Waals surface area contributed by atoms with Crippen molar-refractivity contribution in [2.24, 2.45) is 0 Å². The summed E-state index contributed by atoms with van der Waals surface area (Å²) in [5.41, 5.74) is 0.299. The Balaban J connectivity index is 2.93. The highest BCUT2D eigenvalue weighted by atomic mass is 16.2. The first-order chi connectivity index (χ1) is 5.72. The zero-order chi connectivity index (χ0) is 8.97. The number of aliphatic hydroxyl groups is 1. The van der Waals surface area contributed by atoms with Crippen LogP contribution >= 0.6 is 0 Å². The van der Waals surface area contributed by atoms with E-state index in [1.165, 1.54) is 6.20 Å². The molecule has 0 spiro atoms. The molecule has 0 saturated heterocycles. The van der Waals surface area contributed by atoms with Gasteiger partial charge in [0, 0.05) is 18.0 Å². The van der Waals surface area contributed by atoms with Gasteiger partial charge in [0.15, 0.2) is 0 Å². The Morgan fingerprint density at radius 1 is 1.75 bits per heavy atom. The van der Waals surface area contributed by atoms with Gasteiger partial charge in [0.05, 0.1) is 6.26 Å². The molecule has 0 fully saturated rings. The van der Waals surface area contributed by atoms with E-state index in [0.29, 0.717) is 11.5 Å². The van der Waals surface area contributed by atoms with Crippen molar-refractivity contribution < 1.29 is 5.11 Å². The lowest BCUT2D eigenvalue weighted by atomic mass is 10.4. The van der Waals surface area contributed by atoms with Crippen LogP contribution in [0.4, 0.5) is 5.82 Å². The number of aromatic nitrogens is 2. The van der Waals surface area contributed by atoms with Gasteiger partial charge in [-0.05, 0) is 6.92 Å². The third-order valence-electron chi connectivity index (χ3n) is 1.19. The molecule has 0 unspecified atom stereocenters. The summed E-state index contributed by atoms with van der Waals surface area (Å²) in [4.78, 5) is 16.9. The number of aryl methyl sites for hydroxylation is 1. The zero-order valence-electron chi connectivity index (χ0n) is 6.53. The van der Waals surface area contributed by atoms with Gasteiger partial charge in [-0.15, -0.1) is 0 Å². The number of anilines is 1. The van der Waals surface area contributed by atoms with Gasteiger partial charge in [0.1, 0.15) is 5.82 Å². The summed E-state index contributed by atoms with van der Waals surface area (Å²) in [5.74, 6) is 0.404. The first-order valence-electron chi connectivity index (χ1n) is 3.36. The molecule has 12 heavy (non-hydrogen) atoms. The fraction of sp³-hybridized carbons (Fsp3) is 0.143. The molecule has 0 aliphatic carbocycles. The second-order valence-electron chi connectivity index (χ2n) is 2.21. The van der Waals surface area contributed by atoms with Crippen molar-refractivity contribution in [3.05, 3.63) is 34.7 Å². The minimum atomic E-state index is -0.413. The van der Waals surface area contributed by atoms with Crippen molar-refractivity contribution in [3.8, 4) is 0 Å². The maximum Gasteiger partial charge on any atom is 0.347 e. The van der Waals surface area contributed by atoms with E-state index in [1.807, 2.05) is 0 Å². The molecule has 1 rings (SSSR count). The van der Waals surface area contributed by atoms with Crippen LogP contribution in [0.3, 0.4) is 0 Å². The van der Waals surface area contributed by atoms with E-state index in [9.17, 15) is 4.79 Å². The Kier molecular flexibility index (Phi) is 2.47. The molecule has 1 aromatic heterocycles. The van der Waals surface area contributed by atoms with Gasteiger partial charge in [-0.25, -0.2) is 4.79 Å². The van der Waals surface area contributed by atoms with E-state index >= 15 is 0 Å². The molecule has 3 N–H and O–H groups in total. The largest absolute Gasteiger partial charge is 0.514 e. The fourth-order valence-corrected chi connectivity index (χ4v) is 0.776. The Morgan fingerprint density at radius 2 is 2.50 bits per heavy atom. The number of aromatic amines is 1. The van der Waals surface area contributed by atoms with Crippen LogP contribution in [0.5, 0.6) is 0 Å². The number of hydrogen-bond acceptors (Lipinski definition) is 4. The van der Waals surface area contributed by atoms with Gasteiger partial charge in [0.25, 0.3) is 0 Å². The molecule has 0 aromatic carbocycles. The predicted octanol–water partition coefficient (Wildman–Crippen LogP) is 0.519. The van der Waals surface area contributed by atoms with Crippen LogP contribution in [0.15, 0.2) is 23.3 Å². The van der Waals surface area contributed by atoms with Crippen molar-refractivity contribution in [3.63, 3.8) is 0 Å². The molecule has 0 aliphatic rings. The summed E-state index contributed by atoms with van der Waals surface area (Å²) in [7, 11) is 0. The molecule has 0 aliphatic heterocycles. The summed E-state index contributed by atoms with van der Waals surface area (Å²) in [6.45, 7) is 1.75. The zero-order valence-corrected chi connectivity index (χ0v) is 6.53. The highest BCUT2D eigenvalue weighted by Gasteiger charge is 1.93. The van der Waals surface area contributed by atoms with Crippen molar-refractivity contribution >= 4 is 5.82 Å². The van der Waals surface area contributed by atoms with Gasteiger partial charge in [0.2, 0.25) is 0 Å². The lowest BCUT2D eigenvalue weighted by molar-refractivity contribution is 0.473. The standard InChI is InChI=1S/C7H9N3O2/c1-5-4-6(8-2-3-11)10-7(12)9-5/h2-4,11H,1H3,(H2,8,9,10,12)/b3-2+.